The van der Waals surface area contributed by atoms with Crippen molar-refractivity contribution in [1.82, 2.24) is 0 Å². The molecule has 0 spiro atoms. The Morgan fingerprint density at radius 2 is 2.07 bits per heavy atom. The monoisotopic (exact) mass is 220 g/mol. The van der Waals surface area contributed by atoms with Gasteiger partial charge in [-0.25, -0.2) is 4.79 Å². The highest BCUT2D eigenvalue weighted by Crippen LogP contribution is 2.35. The van der Waals surface area contributed by atoms with Gasteiger partial charge in [0.05, 0.1) is 10.5 Å². The third kappa shape index (κ3) is 2.35. The van der Waals surface area contributed by atoms with Gasteiger partial charge in [0, 0.05) is 0 Å². The normalized spacial score (nSPS) is 10.5. The predicted molar refractivity (Wildman–Crippen MR) is 46.9 cm³/mol. The van der Waals surface area contributed by atoms with Crippen LogP contribution < -0.4 is 0 Å². The van der Waals surface area contributed by atoms with Gasteiger partial charge in [-0.3, -0.25) is 0 Å². The van der Waals surface area contributed by atoms with Gasteiger partial charge in [-0.05, 0) is 12.1 Å². The first-order chi connectivity index (χ1) is 6.52. The Hall–Kier alpha value is -1.30. The van der Waals surface area contributed by atoms with Crippen LogP contribution in [0.15, 0.2) is 23.1 Å². The van der Waals surface area contributed by atoms with E-state index in [2.05, 4.69) is 0 Å². The number of rotatable bonds is 3. The fourth-order valence-electron chi connectivity index (χ4n) is 0.906. The zero-order valence-corrected chi connectivity index (χ0v) is 7.59. The van der Waals surface area contributed by atoms with Gasteiger partial charge in [0.15, 0.2) is 0 Å². The molecule has 0 atom stereocenters. The molecule has 0 radical (unpaired) electrons. The Labute approximate surface area is 82.4 Å². The minimum atomic E-state index is -2.76. The molecule has 1 aromatic carbocycles. The molecule has 0 bridgehead atoms. The lowest BCUT2D eigenvalue weighted by Crippen LogP contribution is -1.99. The molecule has 0 saturated heterocycles. The second-order valence-electron chi connectivity index (χ2n) is 2.34. The average Bonchev–Trinajstić information content (AvgIpc) is 2.07. The Morgan fingerprint density at radius 1 is 1.43 bits per heavy atom. The molecule has 0 unspecified atom stereocenters. The first kappa shape index (κ1) is 10.8. The fraction of sp³-hybridized carbons (Fsp3) is 0.125. The number of carboxylic acids is 1. The SMILES string of the molecule is O=C(O)c1cccc(O)c1SC(F)F. The standard InChI is InChI=1S/C8H6F2O3S/c9-8(10)14-6-4(7(12)13)2-1-3-5(6)11/h1-3,8,11H,(H,12,13). The van der Waals surface area contributed by atoms with Gasteiger partial charge in [-0.15, -0.1) is 0 Å². The van der Waals surface area contributed by atoms with Gasteiger partial charge in [0.1, 0.15) is 5.75 Å². The fourth-order valence-corrected chi connectivity index (χ4v) is 1.56. The highest BCUT2D eigenvalue weighted by atomic mass is 32.2. The maximum absolute atomic E-state index is 12.0. The van der Waals surface area contributed by atoms with Crippen LogP contribution >= 0.6 is 11.8 Å². The van der Waals surface area contributed by atoms with Crippen LogP contribution in [0.3, 0.4) is 0 Å². The summed E-state index contributed by atoms with van der Waals surface area (Å²) in [5.41, 5.74) is -0.324. The molecule has 0 heterocycles. The van der Waals surface area contributed by atoms with Gasteiger partial charge >= 0.3 is 5.97 Å². The molecule has 0 saturated carbocycles. The summed E-state index contributed by atoms with van der Waals surface area (Å²) >= 11 is 0.0158. The zero-order chi connectivity index (χ0) is 10.7. The minimum absolute atomic E-state index is 0.0158. The van der Waals surface area contributed by atoms with Crippen LogP contribution in [0.25, 0.3) is 0 Å². The molecule has 6 heteroatoms. The molecule has 14 heavy (non-hydrogen) atoms. The predicted octanol–water partition coefficient (Wildman–Crippen LogP) is 2.41. The second-order valence-corrected chi connectivity index (χ2v) is 3.34. The molecule has 0 fully saturated rings. The van der Waals surface area contributed by atoms with Gasteiger partial charge < -0.3 is 10.2 Å². The molecule has 1 rings (SSSR count). The van der Waals surface area contributed by atoms with Crippen LogP contribution in [-0.4, -0.2) is 21.9 Å². The molecular formula is C8H6F2O3S. The van der Waals surface area contributed by atoms with Crippen molar-refractivity contribution in [2.24, 2.45) is 0 Å². The Morgan fingerprint density at radius 3 is 2.57 bits per heavy atom. The number of phenols is 1. The number of phenolic OH excluding ortho intramolecular Hbond substituents is 1. The summed E-state index contributed by atoms with van der Waals surface area (Å²) in [6.45, 7) is 0. The summed E-state index contributed by atoms with van der Waals surface area (Å²) in [5.74, 6) is -4.55. The Kier molecular flexibility index (Phi) is 3.29. The largest absolute Gasteiger partial charge is 0.507 e. The molecule has 0 aliphatic carbocycles. The summed E-state index contributed by atoms with van der Waals surface area (Å²) in [6, 6.07) is 3.61. The van der Waals surface area contributed by atoms with Crippen molar-refractivity contribution in [3.05, 3.63) is 23.8 Å². The Bertz CT molecular complexity index is 354. The number of carboxylic acid groups (broad SMARTS) is 1. The number of thioether (sulfide) groups is 1. The third-order valence-electron chi connectivity index (χ3n) is 1.43. The lowest BCUT2D eigenvalue weighted by atomic mass is 10.2. The molecule has 0 amide bonds. The van der Waals surface area contributed by atoms with Crippen molar-refractivity contribution in [1.29, 1.82) is 0 Å². The first-order valence-electron chi connectivity index (χ1n) is 3.52. The van der Waals surface area contributed by atoms with Crippen LogP contribution in [0.5, 0.6) is 5.75 Å². The number of hydrogen-bond donors (Lipinski definition) is 2. The quantitative estimate of drug-likeness (QED) is 0.768. The molecule has 76 valence electrons. The van der Waals surface area contributed by atoms with E-state index in [0.717, 1.165) is 12.1 Å². The van der Waals surface area contributed by atoms with Crippen LogP contribution in [0.1, 0.15) is 10.4 Å². The number of carbonyl (C=O) groups is 1. The first-order valence-corrected chi connectivity index (χ1v) is 4.40. The average molecular weight is 220 g/mol. The van der Waals surface area contributed by atoms with Crippen molar-refractivity contribution in [2.75, 3.05) is 0 Å². The van der Waals surface area contributed by atoms with Crippen molar-refractivity contribution in [2.45, 2.75) is 10.7 Å². The number of benzene rings is 1. The number of aromatic carboxylic acids is 1. The molecular weight excluding hydrogens is 214 g/mol. The highest BCUT2D eigenvalue weighted by Gasteiger charge is 2.17. The van der Waals surface area contributed by atoms with Crippen molar-refractivity contribution in [3.8, 4) is 5.75 Å². The van der Waals surface area contributed by atoms with Gasteiger partial charge in [0.2, 0.25) is 0 Å². The van der Waals surface area contributed by atoms with Gasteiger partial charge in [0.25, 0.3) is 5.76 Å². The van der Waals surface area contributed by atoms with Gasteiger partial charge in [-0.2, -0.15) is 8.78 Å². The van der Waals surface area contributed by atoms with E-state index in [1.54, 1.807) is 0 Å². The van der Waals surface area contributed by atoms with Crippen molar-refractivity contribution in [3.63, 3.8) is 0 Å². The molecule has 0 aliphatic rings. The maximum atomic E-state index is 12.0. The minimum Gasteiger partial charge on any atom is -0.507 e. The van der Waals surface area contributed by atoms with Crippen molar-refractivity contribution >= 4 is 17.7 Å². The van der Waals surface area contributed by atoms with E-state index < -0.39 is 17.5 Å². The summed E-state index contributed by atoms with van der Waals surface area (Å²) in [6.07, 6.45) is 0. The summed E-state index contributed by atoms with van der Waals surface area (Å²) in [5, 5.41) is 17.8. The summed E-state index contributed by atoms with van der Waals surface area (Å²) in [4.78, 5) is 10.3. The molecule has 2 N–H and O–H groups in total. The smallest absolute Gasteiger partial charge is 0.336 e. The number of hydrogen-bond acceptors (Lipinski definition) is 3. The highest BCUT2D eigenvalue weighted by molar-refractivity contribution is 7.99. The van der Waals surface area contributed by atoms with Gasteiger partial charge in [-0.1, -0.05) is 17.8 Å². The number of halogens is 2. The van der Waals surface area contributed by atoms with Crippen LogP contribution in [0.4, 0.5) is 8.78 Å². The van der Waals surface area contributed by atoms with Crippen LogP contribution in [-0.2, 0) is 0 Å². The molecule has 0 aliphatic heterocycles. The van der Waals surface area contributed by atoms with E-state index in [-0.39, 0.29) is 22.2 Å². The van der Waals surface area contributed by atoms with Crippen molar-refractivity contribution < 1.29 is 23.8 Å². The van der Waals surface area contributed by atoms with E-state index in [0.29, 0.717) is 0 Å². The third-order valence-corrected chi connectivity index (χ3v) is 2.27. The van der Waals surface area contributed by atoms with Crippen LogP contribution in [0, 0.1) is 0 Å². The lowest BCUT2D eigenvalue weighted by Gasteiger charge is -2.06. The van der Waals surface area contributed by atoms with E-state index in [1.165, 1.54) is 6.07 Å². The van der Waals surface area contributed by atoms with E-state index >= 15 is 0 Å². The maximum Gasteiger partial charge on any atom is 0.336 e. The second kappa shape index (κ2) is 4.28. The Balaban J connectivity index is 3.15. The molecule has 3 nitrogen and oxygen atoms in total. The topological polar surface area (TPSA) is 57.5 Å². The zero-order valence-electron chi connectivity index (χ0n) is 6.78. The molecule has 0 aromatic heterocycles. The van der Waals surface area contributed by atoms with E-state index in [9.17, 15) is 18.7 Å². The lowest BCUT2D eigenvalue weighted by molar-refractivity contribution is 0.0692. The summed E-state index contributed by atoms with van der Waals surface area (Å²) < 4.78 is 24.0. The number of alkyl halides is 2. The number of aromatic hydroxyl groups is 1. The van der Waals surface area contributed by atoms with E-state index in [1.807, 2.05) is 0 Å². The van der Waals surface area contributed by atoms with Crippen LogP contribution in [0.2, 0.25) is 0 Å². The van der Waals surface area contributed by atoms with E-state index in [4.69, 9.17) is 5.11 Å². The summed E-state index contributed by atoms with van der Waals surface area (Å²) in [7, 11) is 0. The molecule has 1 aromatic rings.